The first-order valence-corrected chi connectivity index (χ1v) is 7.50. The average Bonchev–Trinajstić information content (AvgIpc) is 3.01. The number of thiazole rings is 1. The van der Waals surface area contributed by atoms with Crippen molar-refractivity contribution in [1.29, 1.82) is 0 Å². The van der Waals surface area contributed by atoms with E-state index < -0.39 is 6.09 Å². The lowest BCUT2D eigenvalue weighted by molar-refractivity contribution is 0.112. The topological polar surface area (TPSA) is 68.3 Å². The van der Waals surface area contributed by atoms with Crippen LogP contribution in [0.5, 0.6) is 0 Å². The summed E-state index contributed by atoms with van der Waals surface area (Å²) in [5.74, 6) is 5.71. The van der Waals surface area contributed by atoms with Crippen molar-refractivity contribution in [3.05, 3.63) is 52.0 Å². The molecule has 0 radical (unpaired) electrons. The highest BCUT2D eigenvalue weighted by molar-refractivity contribution is 7.11. The number of hydrogen-bond acceptors (Lipinski definition) is 5. The van der Waals surface area contributed by atoms with Gasteiger partial charge < -0.3 is 10.1 Å². The van der Waals surface area contributed by atoms with Crippen LogP contribution in [0.1, 0.15) is 27.5 Å². The summed E-state index contributed by atoms with van der Waals surface area (Å²) < 4.78 is 5.06. The summed E-state index contributed by atoms with van der Waals surface area (Å²) in [5.41, 5.74) is 1.51. The monoisotopic (exact) mass is 314 g/mol. The van der Waals surface area contributed by atoms with Crippen LogP contribution in [0.25, 0.3) is 0 Å². The van der Waals surface area contributed by atoms with Crippen LogP contribution in [0.15, 0.2) is 35.7 Å². The molecule has 5 nitrogen and oxygen atoms in total. The Hall–Kier alpha value is -2.65. The van der Waals surface area contributed by atoms with Gasteiger partial charge in [-0.3, -0.25) is 4.79 Å². The summed E-state index contributed by atoms with van der Waals surface area (Å²) in [4.78, 5) is 25.9. The van der Waals surface area contributed by atoms with E-state index in [1.165, 1.54) is 11.3 Å². The normalized spacial score (nSPS) is 9.45. The van der Waals surface area contributed by atoms with E-state index in [1.54, 1.807) is 5.38 Å². The molecule has 0 aliphatic heterocycles. The lowest BCUT2D eigenvalue weighted by atomic mass is 10.2. The van der Waals surface area contributed by atoms with Crippen LogP contribution >= 0.6 is 11.3 Å². The summed E-state index contributed by atoms with van der Waals surface area (Å²) in [6.45, 7) is 0.636. The zero-order valence-electron chi connectivity index (χ0n) is 11.7. The number of carbonyl (C=O) groups is 2. The summed E-state index contributed by atoms with van der Waals surface area (Å²) in [7, 11) is 0. The summed E-state index contributed by atoms with van der Waals surface area (Å²) in [6, 6.07) is 9.46. The Morgan fingerprint density at radius 2 is 2.18 bits per heavy atom. The van der Waals surface area contributed by atoms with Crippen LogP contribution in [0.4, 0.5) is 4.79 Å². The van der Waals surface area contributed by atoms with Crippen molar-refractivity contribution in [2.45, 2.75) is 13.0 Å². The zero-order chi connectivity index (χ0) is 15.6. The minimum atomic E-state index is -0.470. The van der Waals surface area contributed by atoms with Crippen LogP contribution in [0.3, 0.4) is 0 Å². The third-order valence-corrected chi connectivity index (χ3v) is 3.34. The Kier molecular flexibility index (Phi) is 6.15. The quantitative estimate of drug-likeness (QED) is 0.523. The predicted molar refractivity (Wildman–Crippen MR) is 83.6 cm³/mol. The van der Waals surface area contributed by atoms with Gasteiger partial charge in [-0.05, 0) is 11.5 Å². The summed E-state index contributed by atoms with van der Waals surface area (Å²) >= 11 is 1.25. The molecule has 2 aromatic rings. The first kappa shape index (κ1) is 15.7. The molecule has 22 heavy (non-hydrogen) atoms. The number of benzene rings is 1. The maximum absolute atomic E-state index is 11.5. The molecule has 0 aliphatic carbocycles. The molecule has 1 amide bonds. The number of rotatable bonds is 5. The van der Waals surface area contributed by atoms with Crippen LogP contribution in [-0.4, -0.2) is 23.9 Å². The van der Waals surface area contributed by atoms with E-state index in [9.17, 15) is 9.59 Å². The maximum atomic E-state index is 11.5. The van der Waals surface area contributed by atoms with Gasteiger partial charge in [0.1, 0.15) is 12.3 Å². The van der Waals surface area contributed by atoms with Gasteiger partial charge in [-0.2, -0.15) is 0 Å². The van der Waals surface area contributed by atoms with Gasteiger partial charge in [0.25, 0.3) is 0 Å². The molecule has 0 saturated carbocycles. The Labute approximate surface area is 132 Å². The number of amides is 1. The predicted octanol–water partition coefficient (Wildman–Crippen LogP) is 2.62. The average molecular weight is 314 g/mol. The number of hydrogen-bond donors (Lipinski definition) is 1. The van der Waals surface area contributed by atoms with Crippen molar-refractivity contribution in [3.8, 4) is 11.8 Å². The molecule has 0 atom stereocenters. The molecule has 2 rings (SSSR count). The number of carbonyl (C=O) groups excluding carboxylic acids is 2. The Balaban J connectivity index is 1.64. The second-order valence-corrected chi connectivity index (χ2v) is 5.12. The first-order chi connectivity index (χ1) is 10.8. The van der Waals surface area contributed by atoms with Crippen LogP contribution < -0.4 is 5.32 Å². The van der Waals surface area contributed by atoms with Crippen molar-refractivity contribution in [2.24, 2.45) is 0 Å². The Morgan fingerprint density at radius 3 is 2.91 bits per heavy atom. The van der Waals surface area contributed by atoms with Crippen LogP contribution in [-0.2, 0) is 11.3 Å². The van der Waals surface area contributed by atoms with E-state index in [4.69, 9.17) is 4.74 Å². The number of aromatic nitrogens is 1. The molecule has 6 heteroatoms. The Morgan fingerprint density at radius 1 is 1.36 bits per heavy atom. The number of aldehydes is 1. The molecule has 0 bridgehead atoms. The minimum Gasteiger partial charge on any atom is -0.445 e. The fourth-order valence-electron chi connectivity index (χ4n) is 1.55. The van der Waals surface area contributed by atoms with E-state index in [2.05, 4.69) is 22.1 Å². The zero-order valence-corrected chi connectivity index (χ0v) is 12.6. The Bertz CT molecular complexity index is 686. The highest BCUT2D eigenvalue weighted by Crippen LogP contribution is 2.05. The molecule has 0 spiro atoms. The molecule has 0 saturated heterocycles. The molecule has 1 aromatic heterocycles. The highest BCUT2D eigenvalue weighted by atomic mass is 32.1. The second-order valence-electron chi connectivity index (χ2n) is 4.23. The largest absolute Gasteiger partial charge is 0.445 e. The van der Waals surface area contributed by atoms with Crippen LogP contribution in [0.2, 0.25) is 0 Å². The van der Waals surface area contributed by atoms with Crippen molar-refractivity contribution in [1.82, 2.24) is 10.3 Å². The third kappa shape index (κ3) is 5.38. The van der Waals surface area contributed by atoms with Crippen molar-refractivity contribution in [2.75, 3.05) is 6.54 Å². The molecule has 1 N–H and O–H groups in total. The minimum absolute atomic E-state index is 0.242. The molecule has 112 valence electrons. The van der Waals surface area contributed by atoms with Crippen molar-refractivity contribution in [3.63, 3.8) is 0 Å². The molecule has 1 aromatic carbocycles. The van der Waals surface area contributed by atoms with Gasteiger partial charge >= 0.3 is 6.09 Å². The maximum Gasteiger partial charge on any atom is 0.407 e. The molecular formula is C16H14N2O3S. The van der Waals surface area contributed by atoms with Crippen molar-refractivity contribution < 1.29 is 14.3 Å². The van der Waals surface area contributed by atoms with Gasteiger partial charge in [0, 0.05) is 18.3 Å². The van der Waals surface area contributed by atoms with Gasteiger partial charge in [0.15, 0.2) is 11.3 Å². The summed E-state index contributed by atoms with van der Waals surface area (Å²) in [6.07, 6.45) is 0.705. The number of alkyl carbamates (subject to hydrolysis) is 1. The SMILES string of the molecule is O=Cc1nc(C#CCCNC(=O)OCc2ccccc2)cs1. The number of nitrogens with one attached hydrogen (secondary N) is 1. The van der Waals surface area contributed by atoms with E-state index >= 15 is 0 Å². The van der Waals surface area contributed by atoms with Crippen LogP contribution in [0, 0.1) is 11.8 Å². The highest BCUT2D eigenvalue weighted by Gasteiger charge is 2.01. The second kappa shape index (κ2) is 8.60. The van der Waals surface area contributed by atoms with Gasteiger partial charge in [0.2, 0.25) is 0 Å². The van der Waals surface area contributed by atoms with Gasteiger partial charge in [-0.25, -0.2) is 9.78 Å². The van der Waals surface area contributed by atoms with Gasteiger partial charge in [0.05, 0.1) is 0 Å². The third-order valence-electron chi connectivity index (χ3n) is 2.57. The molecule has 0 unspecified atom stereocenters. The molecule has 0 fully saturated rings. The van der Waals surface area contributed by atoms with E-state index in [0.29, 0.717) is 30.0 Å². The lowest BCUT2D eigenvalue weighted by Gasteiger charge is -2.05. The fourth-order valence-corrected chi connectivity index (χ4v) is 2.10. The number of ether oxygens (including phenoxy) is 1. The lowest BCUT2D eigenvalue weighted by Crippen LogP contribution is -2.24. The van der Waals surface area contributed by atoms with E-state index in [-0.39, 0.29) is 6.61 Å². The van der Waals surface area contributed by atoms with Gasteiger partial charge in [-0.1, -0.05) is 36.3 Å². The molecular weight excluding hydrogens is 300 g/mol. The van der Waals surface area contributed by atoms with Crippen molar-refractivity contribution >= 4 is 23.7 Å². The smallest absolute Gasteiger partial charge is 0.407 e. The number of nitrogens with zero attached hydrogens (tertiary/aromatic N) is 1. The summed E-state index contributed by atoms with van der Waals surface area (Å²) in [5, 5.41) is 4.75. The molecule has 0 aliphatic rings. The fraction of sp³-hybridized carbons (Fsp3) is 0.188. The standard InChI is InChI=1S/C16H14N2O3S/c19-10-15-18-14(12-22-15)8-4-5-9-17-16(20)21-11-13-6-2-1-3-7-13/h1-3,6-7,10,12H,5,9,11H2,(H,17,20). The van der Waals surface area contributed by atoms with E-state index in [1.807, 2.05) is 30.3 Å². The first-order valence-electron chi connectivity index (χ1n) is 6.62. The van der Waals surface area contributed by atoms with Gasteiger partial charge in [-0.15, -0.1) is 11.3 Å². The molecule has 1 heterocycles. The van der Waals surface area contributed by atoms with E-state index in [0.717, 1.165) is 5.56 Å².